The second-order valence-corrected chi connectivity index (χ2v) is 8.82. The highest BCUT2D eigenvalue weighted by Crippen LogP contribution is 2.28. The van der Waals surface area contributed by atoms with Gasteiger partial charge >= 0.3 is 0 Å². The SMILES string of the molecule is CSc1ccc(S(=O)(=O)NCCOc2ccc(F)cc2)cc1NC(=O)C(C)C. The highest BCUT2D eigenvalue weighted by atomic mass is 32.2. The van der Waals surface area contributed by atoms with Gasteiger partial charge in [0.1, 0.15) is 18.2 Å². The van der Waals surface area contributed by atoms with Crippen LogP contribution in [0.25, 0.3) is 0 Å². The van der Waals surface area contributed by atoms with Gasteiger partial charge in [0, 0.05) is 17.4 Å². The molecule has 152 valence electrons. The molecule has 0 saturated heterocycles. The van der Waals surface area contributed by atoms with Crippen molar-refractivity contribution in [2.75, 3.05) is 24.7 Å². The van der Waals surface area contributed by atoms with E-state index >= 15 is 0 Å². The van der Waals surface area contributed by atoms with Gasteiger partial charge in [-0.15, -0.1) is 11.8 Å². The zero-order chi connectivity index (χ0) is 20.7. The van der Waals surface area contributed by atoms with Gasteiger partial charge in [0.25, 0.3) is 0 Å². The molecule has 0 bridgehead atoms. The number of ether oxygens (including phenoxy) is 1. The molecule has 0 aliphatic carbocycles. The number of anilines is 1. The number of nitrogens with one attached hydrogen (secondary N) is 2. The molecule has 0 radical (unpaired) electrons. The van der Waals surface area contributed by atoms with Gasteiger partial charge < -0.3 is 10.1 Å². The summed E-state index contributed by atoms with van der Waals surface area (Å²) in [4.78, 5) is 12.8. The predicted octanol–water partition coefficient (Wildman–Crippen LogP) is 3.50. The minimum atomic E-state index is -3.78. The van der Waals surface area contributed by atoms with E-state index in [1.54, 1.807) is 19.9 Å². The summed E-state index contributed by atoms with van der Waals surface area (Å²) in [6, 6.07) is 10.0. The second kappa shape index (κ2) is 9.90. The van der Waals surface area contributed by atoms with Gasteiger partial charge in [0.2, 0.25) is 15.9 Å². The van der Waals surface area contributed by atoms with Crippen LogP contribution in [0.5, 0.6) is 5.75 Å². The fourth-order valence-corrected chi connectivity index (χ4v) is 3.76. The maximum Gasteiger partial charge on any atom is 0.240 e. The Hall–Kier alpha value is -2.10. The van der Waals surface area contributed by atoms with E-state index in [2.05, 4.69) is 10.0 Å². The quantitative estimate of drug-likeness (QED) is 0.474. The monoisotopic (exact) mass is 426 g/mol. The van der Waals surface area contributed by atoms with Crippen LogP contribution in [0.15, 0.2) is 52.3 Å². The molecule has 2 N–H and O–H groups in total. The maximum atomic E-state index is 12.9. The lowest BCUT2D eigenvalue weighted by molar-refractivity contribution is -0.118. The van der Waals surface area contributed by atoms with E-state index < -0.39 is 10.0 Å². The Morgan fingerprint density at radius 3 is 2.46 bits per heavy atom. The molecule has 0 spiro atoms. The number of sulfonamides is 1. The number of hydrogen-bond donors (Lipinski definition) is 2. The third kappa shape index (κ3) is 6.22. The van der Waals surface area contributed by atoms with Crippen molar-refractivity contribution in [3.63, 3.8) is 0 Å². The van der Waals surface area contributed by atoms with Crippen molar-refractivity contribution in [2.24, 2.45) is 5.92 Å². The van der Waals surface area contributed by atoms with E-state index in [0.29, 0.717) is 11.4 Å². The molecule has 28 heavy (non-hydrogen) atoms. The van der Waals surface area contributed by atoms with E-state index in [9.17, 15) is 17.6 Å². The molecule has 0 aliphatic rings. The largest absolute Gasteiger partial charge is 0.492 e. The minimum absolute atomic E-state index is 0.0394. The molecular weight excluding hydrogens is 403 g/mol. The molecular formula is C19H23FN2O4S2. The molecule has 2 rings (SSSR count). The van der Waals surface area contributed by atoms with Gasteiger partial charge in [-0.1, -0.05) is 13.8 Å². The first-order chi connectivity index (χ1) is 13.2. The molecule has 0 aliphatic heterocycles. The third-order valence-electron chi connectivity index (χ3n) is 3.74. The lowest BCUT2D eigenvalue weighted by Crippen LogP contribution is -2.28. The predicted molar refractivity (Wildman–Crippen MR) is 109 cm³/mol. The van der Waals surface area contributed by atoms with Crippen LogP contribution >= 0.6 is 11.8 Å². The van der Waals surface area contributed by atoms with Crippen molar-refractivity contribution < 1.29 is 22.3 Å². The fourth-order valence-electron chi connectivity index (χ4n) is 2.19. The van der Waals surface area contributed by atoms with Crippen molar-refractivity contribution >= 4 is 33.4 Å². The van der Waals surface area contributed by atoms with Crippen molar-refractivity contribution in [2.45, 2.75) is 23.6 Å². The van der Waals surface area contributed by atoms with Crippen LogP contribution in [0.4, 0.5) is 10.1 Å². The zero-order valence-corrected chi connectivity index (χ0v) is 17.5. The Morgan fingerprint density at radius 1 is 1.18 bits per heavy atom. The van der Waals surface area contributed by atoms with Crippen LogP contribution in [0, 0.1) is 11.7 Å². The summed E-state index contributed by atoms with van der Waals surface area (Å²) in [5.41, 5.74) is 0.455. The van der Waals surface area contributed by atoms with Gasteiger partial charge in [-0.25, -0.2) is 17.5 Å². The van der Waals surface area contributed by atoms with Crippen molar-refractivity contribution in [3.05, 3.63) is 48.3 Å². The number of rotatable bonds is 9. The first kappa shape index (κ1) is 22.2. The standard InChI is InChI=1S/C19H23FN2O4S2/c1-13(2)19(23)22-17-12-16(8-9-18(17)27-3)28(24,25)21-10-11-26-15-6-4-14(20)5-7-15/h4-9,12-13,21H,10-11H2,1-3H3,(H,22,23). The van der Waals surface area contributed by atoms with Crippen LogP contribution in [0.2, 0.25) is 0 Å². The van der Waals surface area contributed by atoms with E-state index in [4.69, 9.17) is 4.74 Å². The maximum absolute atomic E-state index is 12.9. The number of carbonyl (C=O) groups is 1. The summed E-state index contributed by atoms with van der Waals surface area (Å²) in [7, 11) is -3.78. The molecule has 0 unspecified atom stereocenters. The average Bonchev–Trinajstić information content (AvgIpc) is 2.66. The molecule has 2 aromatic rings. The summed E-state index contributed by atoms with van der Waals surface area (Å²) < 4.78 is 45.7. The van der Waals surface area contributed by atoms with Gasteiger partial charge in [0.15, 0.2) is 0 Å². The molecule has 6 nitrogen and oxygen atoms in total. The van der Waals surface area contributed by atoms with Gasteiger partial charge in [-0.3, -0.25) is 4.79 Å². The first-order valence-electron chi connectivity index (χ1n) is 8.60. The number of amides is 1. The molecule has 9 heteroatoms. The van der Waals surface area contributed by atoms with Crippen LogP contribution in [0.3, 0.4) is 0 Å². The molecule has 0 heterocycles. The fraction of sp³-hybridized carbons (Fsp3) is 0.316. The van der Waals surface area contributed by atoms with Crippen LogP contribution in [-0.2, 0) is 14.8 Å². The van der Waals surface area contributed by atoms with Crippen molar-refractivity contribution in [1.82, 2.24) is 4.72 Å². The van der Waals surface area contributed by atoms with Crippen LogP contribution in [-0.4, -0.2) is 33.7 Å². The highest BCUT2D eigenvalue weighted by molar-refractivity contribution is 7.98. The van der Waals surface area contributed by atoms with Gasteiger partial charge in [-0.05, 0) is 48.7 Å². The Morgan fingerprint density at radius 2 is 1.86 bits per heavy atom. The minimum Gasteiger partial charge on any atom is -0.492 e. The average molecular weight is 427 g/mol. The van der Waals surface area contributed by atoms with Gasteiger partial charge in [0.05, 0.1) is 10.6 Å². The number of benzene rings is 2. The Kier molecular flexibility index (Phi) is 7.85. The first-order valence-corrected chi connectivity index (χ1v) is 11.3. The van der Waals surface area contributed by atoms with Gasteiger partial charge in [-0.2, -0.15) is 0 Å². The Balaban J connectivity index is 2.03. The second-order valence-electron chi connectivity index (χ2n) is 6.21. The summed E-state index contributed by atoms with van der Waals surface area (Å²) in [6.45, 7) is 3.65. The number of carbonyl (C=O) groups excluding carboxylic acids is 1. The topological polar surface area (TPSA) is 84.5 Å². The molecule has 0 fully saturated rings. The normalized spacial score (nSPS) is 11.5. The number of halogens is 1. The van der Waals surface area contributed by atoms with Crippen molar-refractivity contribution in [1.29, 1.82) is 0 Å². The van der Waals surface area contributed by atoms with Crippen LogP contribution < -0.4 is 14.8 Å². The molecule has 1 amide bonds. The highest BCUT2D eigenvalue weighted by Gasteiger charge is 2.17. The van der Waals surface area contributed by atoms with Crippen molar-refractivity contribution in [3.8, 4) is 5.75 Å². The summed E-state index contributed by atoms with van der Waals surface area (Å²) in [5, 5.41) is 2.76. The number of thioether (sulfide) groups is 1. The number of hydrogen-bond acceptors (Lipinski definition) is 5. The summed E-state index contributed by atoms with van der Waals surface area (Å²) in [5.74, 6) is -0.340. The lowest BCUT2D eigenvalue weighted by atomic mass is 10.2. The molecule has 0 atom stereocenters. The van der Waals surface area contributed by atoms with E-state index in [1.807, 2.05) is 6.26 Å². The lowest BCUT2D eigenvalue weighted by Gasteiger charge is -2.14. The third-order valence-corrected chi connectivity index (χ3v) is 5.99. The summed E-state index contributed by atoms with van der Waals surface area (Å²) >= 11 is 1.41. The smallest absolute Gasteiger partial charge is 0.240 e. The molecule has 2 aromatic carbocycles. The molecule has 0 aromatic heterocycles. The Labute approximate surface area is 168 Å². The van der Waals surface area contributed by atoms with Crippen LogP contribution in [0.1, 0.15) is 13.8 Å². The van der Waals surface area contributed by atoms with E-state index in [-0.39, 0.29) is 35.7 Å². The Bertz CT molecular complexity index is 916. The van der Waals surface area contributed by atoms with E-state index in [0.717, 1.165) is 4.90 Å². The molecule has 0 saturated carbocycles. The summed E-state index contributed by atoms with van der Waals surface area (Å²) in [6.07, 6.45) is 1.85. The van der Waals surface area contributed by atoms with E-state index in [1.165, 1.54) is 48.2 Å². The zero-order valence-electron chi connectivity index (χ0n) is 15.9.